The zero-order valence-corrected chi connectivity index (χ0v) is 28.7. The van der Waals surface area contributed by atoms with E-state index in [0.717, 1.165) is 57.8 Å². The van der Waals surface area contributed by atoms with Crippen LogP contribution in [0, 0.1) is 50.2 Å². The monoisotopic (exact) mass is 614 g/mol. The molecule has 0 aromatic carbocycles. The molecular formula is C37H58O7. The first-order chi connectivity index (χ1) is 20.4. The second kappa shape index (κ2) is 10.4. The van der Waals surface area contributed by atoms with Crippen molar-refractivity contribution < 1.29 is 34.0 Å². The molecule has 13 atom stereocenters. The Hall–Kier alpha value is -1.28. The zero-order chi connectivity index (χ0) is 32.3. The number of allylic oxidation sites excluding steroid dienone is 2. The first-order valence-electron chi connectivity index (χ1n) is 17.4. The molecule has 6 rings (SSSR count). The molecule has 0 radical (unpaired) electrons. The van der Waals surface area contributed by atoms with Crippen LogP contribution in [0.4, 0.5) is 0 Å². The summed E-state index contributed by atoms with van der Waals surface area (Å²) in [5.74, 6) is 0.617. The van der Waals surface area contributed by atoms with Gasteiger partial charge in [-0.1, -0.05) is 47.1 Å². The van der Waals surface area contributed by atoms with Gasteiger partial charge >= 0.3 is 5.97 Å². The Bertz CT molecular complexity index is 1210. The third-order valence-electron chi connectivity index (χ3n) is 15.2. The van der Waals surface area contributed by atoms with Gasteiger partial charge in [-0.3, -0.25) is 9.59 Å². The summed E-state index contributed by atoms with van der Waals surface area (Å²) in [4.78, 5) is 27.6. The van der Waals surface area contributed by atoms with Crippen LogP contribution in [0.2, 0.25) is 0 Å². The molecule has 5 aliphatic carbocycles. The van der Waals surface area contributed by atoms with Crippen LogP contribution < -0.4 is 0 Å². The number of ether oxygens (including phenoxy) is 3. The number of carbonyl (C=O) groups excluding carboxylic acids is 2. The first-order valence-corrected chi connectivity index (χ1v) is 17.4. The molecule has 44 heavy (non-hydrogen) atoms. The summed E-state index contributed by atoms with van der Waals surface area (Å²) in [5.41, 5.74) is 0.284. The normalized spacial score (nSPS) is 53.3. The number of fused-ring (bicyclic) bond motifs is 7. The van der Waals surface area contributed by atoms with Gasteiger partial charge in [0.1, 0.15) is 6.10 Å². The first kappa shape index (κ1) is 32.7. The van der Waals surface area contributed by atoms with Crippen molar-refractivity contribution in [2.45, 2.75) is 150 Å². The average Bonchev–Trinajstić information content (AvgIpc) is 2.94. The number of hydrogen-bond donors (Lipinski definition) is 2. The molecule has 0 spiro atoms. The maximum absolute atomic E-state index is 14.7. The minimum Gasteiger partial charge on any atom is -0.469 e. The molecule has 0 aromatic rings. The lowest BCUT2D eigenvalue weighted by Crippen LogP contribution is -2.67. The van der Waals surface area contributed by atoms with Crippen molar-refractivity contribution in [1.29, 1.82) is 0 Å². The van der Waals surface area contributed by atoms with Crippen molar-refractivity contribution in [3.8, 4) is 0 Å². The highest BCUT2D eigenvalue weighted by molar-refractivity contribution is 5.95. The van der Waals surface area contributed by atoms with E-state index >= 15 is 0 Å². The Morgan fingerprint density at radius 1 is 0.955 bits per heavy atom. The summed E-state index contributed by atoms with van der Waals surface area (Å²) >= 11 is 0. The smallest absolute Gasteiger partial charge is 0.311 e. The molecule has 5 fully saturated rings. The van der Waals surface area contributed by atoms with Crippen LogP contribution in [-0.2, 0) is 23.8 Å². The number of ketones is 1. The van der Waals surface area contributed by atoms with Crippen LogP contribution in [0.25, 0.3) is 0 Å². The number of aliphatic hydroxyl groups is 2. The van der Waals surface area contributed by atoms with Crippen molar-refractivity contribution in [2.24, 2.45) is 50.2 Å². The number of carbonyl (C=O) groups is 2. The Morgan fingerprint density at radius 2 is 1.64 bits per heavy atom. The molecular weight excluding hydrogens is 556 g/mol. The number of aliphatic hydroxyl groups excluding tert-OH is 2. The fraction of sp³-hybridized carbons (Fsp3) is 0.892. The lowest BCUT2D eigenvalue weighted by molar-refractivity contribution is -0.290. The Balaban J connectivity index is 1.31. The maximum atomic E-state index is 14.7. The van der Waals surface area contributed by atoms with E-state index in [9.17, 15) is 19.8 Å². The SMILES string of the molecule is COC(=O)[C@@]1(C)CC[C@]2(C)CC[C@]3(C)C(=CC(=O)[C@@H]4[C@@]5(C)CC[C@H](O[C@H]6C[C@H](O)[C@@H](O)[C@H](C)O6)C(C)(C)[C@@H]5CC[C@]43C)[C@H]2C1. The van der Waals surface area contributed by atoms with Gasteiger partial charge in [-0.2, -0.15) is 0 Å². The molecule has 4 saturated carbocycles. The zero-order valence-electron chi connectivity index (χ0n) is 28.7. The summed E-state index contributed by atoms with van der Waals surface area (Å²) < 4.78 is 17.9. The molecule has 0 aromatic heterocycles. The molecule has 0 bridgehead atoms. The molecule has 6 aliphatic rings. The van der Waals surface area contributed by atoms with Gasteiger partial charge in [0.25, 0.3) is 0 Å². The Labute approximate surface area is 264 Å². The van der Waals surface area contributed by atoms with Gasteiger partial charge in [0.15, 0.2) is 12.1 Å². The molecule has 1 saturated heterocycles. The number of hydrogen-bond acceptors (Lipinski definition) is 7. The highest BCUT2D eigenvalue weighted by atomic mass is 16.7. The minimum absolute atomic E-state index is 0.0569. The molecule has 0 amide bonds. The summed E-state index contributed by atoms with van der Waals surface area (Å²) in [5, 5.41) is 20.6. The van der Waals surface area contributed by atoms with Crippen LogP contribution in [0.15, 0.2) is 11.6 Å². The van der Waals surface area contributed by atoms with Crippen molar-refractivity contribution in [1.82, 2.24) is 0 Å². The third kappa shape index (κ3) is 4.41. The molecule has 7 nitrogen and oxygen atoms in total. The highest BCUT2D eigenvalue weighted by Gasteiger charge is 2.70. The number of esters is 1. The van der Waals surface area contributed by atoms with Gasteiger partial charge < -0.3 is 24.4 Å². The van der Waals surface area contributed by atoms with Crippen molar-refractivity contribution in [2.75, 3.05) is 7.11 Å². The fourth-order valence-electron chi connectivity index (χ4n) is 12.1. The summed E-state index contributed by atoms with van der Waals surface area (Å²) in [6.07, 6.45) is 8.06. The molecule has 0 unspecified atom stereocenters. The lowest BCUT2D eigenvalue weighted by atomic mass is 9.33. The predicted molar refractivity (Wildman–Crippen MR) is 167 cm³/mol. The highest BCUT2D eigenvalue weighted by Crippen LogP contribution is 2.75. The van der Waals surface area contributed by atoms with E-state index in [1.54, 1.807) is 6.92 Å². The minimum atomic E-state index is -0.898. The largest absolute Gasteiger partial charge is 0.469 e. The topological polar surface area (TPSA) is 102 Å². The van der Waals surface area contributed by atoms with Crippen molar-refractivity contribution >= 4 is 11.8 Å². The van der Waals surface area contributed by atoms with Crippen molar-refractivity contribution in [3.05, 3.63) is 11.6 Å². The average molecular weight is 615 g/mol. The summed E-state index contributed by atoms with van der Waals surface area (Å²) in [6, 6.07) is 0. The molecule has 2 N–H and O–H groups in total. The van der Waals surface area contributed by atoms with E-state index in [2.05, 4.69) is 54.5 Å². The van der Waals surface area contributed by atoms with Gasteiger partial charge in [-0.25, -0.2) is 0 Å². The van der Waals surface area contributed by atoms with Crippen LogP contribution in [0.5, 0.6) is 0 Å². The quantitative estimate of drug-likeness (QED) is 0.281. The molecule has 248 valence electrons. The Kier molecular flexibility index (Phi) is 7.69. The van der Waals surface area contributed by atoms with E-state index in [0.29, 0.717) is 11.7 Å². The van der Waals surface area contributed by atoms with Gasteiger partial charge in [0.2, 0.25) is 0 Å². The third-order valence-corrected chi connectivity index (χ3v) is 15.2. The molecule has 1 heterocycles. The lowest BCUT2D eigenvalue weighted by Gasteiger charge is -2.70. The Morgan fingerprint density at radius 3 is 2.30 bits per heavy atom. The van der Waals surface area contributed by atoms with E-state index in [4.69, 9.17) is 14.2 Å². The second-order valence-corrected chi connectivity index (χ2v) is 17.8. The van der Waals surface area contributed by atoms with Crippen LogP contribution in [0.1, 0.15) is 120 Å². The van der Waals surface area contributed by atoms with E-state index in [1.165, 1.54) is 12.7 Å². The maximum Gasteiger partial charge on any atom is 0.311 e. The fourth-order valence-corrected chi connectivity index (χ4v) is 12.1. The van der Waals surface area contributed by atoms with Gasteiger partial charge in [0.05, 0.1) is 30.8 Å². The van der Waals surface area contributed by atoms with Gasteiger partial charge in [0, 0.05) is 12.3 Å². The predicted octanol–water partition coefficient (Wildman–Crippen LogP) is 6.38. The van der Waals surface area contributed by atoms with Crippen LogP contribution in [-0.4, -0.2) is 59.8 Å². The summed E-state index contributed by atoms with van der Waals surface area (Å²) in [7, 11) is 1.50. The number of methoxy groups -OCH3 is 1. The summed E-state index contributed by atoms with van der Waals surface area (Å²) in [6.45, 7) is 18.1. The molecule has 1 aliphatic heterocycles. The second-order valence-electron chi connectivity index (χ2n) is 17.8. The van der Waals surface area contributed by atoms with E-state index in [-0.39, 0.29) is 57.4 Å². The number of rotatable bonds is 3. The van der Waals surface area contributed by atoms with E-state index < -0.39 is 30.0 Å². The standard InChI is InChI=1S/C37H58O7/c1-21-29(40)24(38)19-28(43-21)44-27-11-12-35(6)26(32(27,2)3)10-13-37(8)30(35)25(39)18-22-23-20-34(5,31(41)42-9)15-14-33(23,4)16-17-36(22,37)7/h18,21,23-24,26-30,38,40H,10-17,19-20H2,1-9H3/t21-,23+,24-,26-,27-,28-,29-,30+,33+,34-,35-,36+,37+/m0/s1. The molecule has 7 heteroatoms. The van der Waals surface area contributed by atoms with Gasteiger partial charge in [-0.05, 0) is 117 Å². The van der Waals surface area contributed by atoms with Crippen LogP contribution in [0.3, 0.4) is 0 Å². The van der Waals surface area contributed by atoms with Crippen LogP contribution >= 0.6 is 0 Å². The van der Waals surface area contributed by atoms with Crippen molar-refractivity contribution in [3.63, 3.8) is 0 Å². The van der Waals surface area contributed by atoms with Gasteiger partial charge in [-0.15, -0.1) is 0 Å². The van der Waals surface area contributed by atoms with E-state index in [1.807, 2.05) is 0 Å².